The molecular formula is C17H22N2. The summed E-state index contributed by atoms with van der Waals surface area (Å²) in [4.78, 5) is 4.45. The van der Waals surface area contributed by atoms with Crippen molar-refractivity contribution in [2.45, 2.75) is 38.3 Å². The largest absolute Gasteiger partial charge is 0.302 e. The molecule has 1 aromatic rings. The SMILES string of the molecule is C=C(/C=C\C=C/C)C1CCCC(c2ccccn2)N1. The summed E-state index contributed by atoms with van der Waals surface area (Å²) < 4.78 is 0. The van der Waals surface area contributed by atoms with Crippen molar-refractivity contribution >= 4 is 0 Å². The van der Waals surface area contributed by atoms with Gasteiger partial charge in [0.2, 0.25) is 0 Å². The van der Waals surface area contributed by atoms with Crippen molar-refractivity contribution in [2.24, 2.45) is 0 Å². The van der Waals surface area contributed by atoms with Gasteiger partial charge < -0.3 is 5.32 Å². The number of rotatable bonds is 4. The zero-order chi connectivity index (χ0) is 13.5. The van der Waals surface area contributed by atoms with E-state index in [1.54, 1.807) is 0 Å². The summed E-state index contributed by atoms with van der Waals surface area (Å²) >= 11 is 0. The summed E-state index contributed by atoms with van der Waals surface area (Å²) in [6.45, 7) is 6.19. The molecule has 2 atom stereocenters. The van der Waals surface area contributed by atoms with Crippen molar-refractivity contribution in [3.05, 3.63) is 66.5 Å². The molecule has 1 saturated heterocycles. The maximum absolute atomic E-state index is 4.45. The first-order chi connectivity index (χ1) is 9.31. The molecule has 0 radical (unpaired) electrons. The summed E-state index contributed by atoms with van der Waals surface area (Å²) in [5.41, 5.74) is 2.29. The molecule has 2 nitrogen and oxygen atoms in total. The molecule has 0 spiro atoms. The van der Waals surface area contributed by atoms with Crippen LogP contribution in [0.15, 0.2) is 60.9 Å². The molecule has 2 heterocycles. The molecule has 2 unspecified atom stereocenters. The van der Waals surface area contributed by atoms with Crippen molar-refractivity contribution in [1.82, 2.24) is 10.3 Å². The lowest BCUT2D eigenvalue weighted by atomic mass is 9.92. The Morgan fingerprint density at radius 1 is 1.37 bits per heavy atom. The lowest BCUT2D eigenvalue weighted by molar-refractivity contribution is 0.351. The van der Waals surface area contributed by atoms with Gasteiger partial charge in [-0.2, -0.15) is 0 Å². The highest BCUT2D eigenvalue weighted by atomic mass is 15.0. The Bertz CT molecular complexity index is 459. The number of nitrogens with zero attached hydrogens (tertiary/aromatic N) is 1. The van der Waals surface area contributed by atoms with E-state index in [1.165, 1.54) is 6.42 Å². The number of nitrogens with one attached hydrogen (secondary N) is 1. The minimum Gasteiger partial charge on any atom is -0.302 e. The second kappa shape index (κ2) is 7.05. The Morgan fingerprint density at radius 2 is 2.26 bits per heavy atom. The summed E-state index contributed by atoms with van der Waals surface area (Å²) in [5, 5.41) is 3.66. The van der Waals surface area contributed by atoms with Gasteiger partial charge in [-0.05, 0) is 43.9 Å². The highest BCUT2D eigenvalue weighted by Gasteiger charge is 2.23. The molecule has 0 bridgehead atoms. The maximum atomic E-state index is 4.45. The third-order valence-corrected chi connectivity index (χ3v) is 3.49. The second-order valence-corrected chi connectivity index (χ2v) is 4.92. The molecule has 2 rings (SSSR count). The van der Waals surface area contributed by atoms with E-state index in [2.05, 4.69) is 29.0 Å². The van der Waals surface area contributed by atoms with Crippen molar-refractivity contribution in [3.63, 3.8) is 0 Å². The zero-order valence-electron chi connectivity index (χ0n) is 11.5. The predicted molar refractivity (Wildman–Crippen MR) is 80.8 cm³/mol. The molecule has 2 heteroatoms. The fourth-order valence-corrected chi connectivity index (χ4v) is 2.45. The van der Waals surface area contributed by atoms with Gasteiger partial charge in [-0.3, -0.25) is 4.98 Å². The summed E-state index contributed by atoms with van der Waals surface area (Å²) in [7, 11) is 0. The fraction of sp³-hybridized carbons (Fsp3) is 0.353. The van der Waals surface area contributed by atoms with Gasteiger partial charge >= 0.3 is 0 Å². The van der Waals surface area contributed by atoms with Crippen molar-refractivity contribution in [1.29, 1.82) is 0 Å². The van der Waals surface area contributed by atoms with Crippen LogP contribution in [-0.4, -0.2) is 11.0 Å². The van der Waals surface area contributed by atoms with Gasteiger partial charge in [-0.25, -0.2) is 0 Å². The number of hydrogen-bond acceptors (Lipinski definition) is 2. The van der Waals surface area contributed by atoms with Gasteiger partial charge in [-0.1, -0.05) is 36.9 Å². The summed E-state index contributed by atoms with van der Waals surface area (Å²) in [6.07, 6.45) is 13.6. The lowest BCUT2D eigenvalue weighted by Crippen LogP contribution is -2.38. The van der Waals surface area contributed by atoms with E-state index in [4.69, 9.17) is 0 Å². The molecule has 19 heavy (non-hydrogen) atoms. The monoisotopic (exact) mass is 254 g/mol. The highest BCUT2D eigenvalue weighted by molar-refractivity contribution is 5.25. The third kappa shape index (κ3) is 3.90. The highest BCUT2D eigenvalue weighted by Crippen LogP contribution is 2.26. The van der Waals surface area contributed by atoms with Gasteiger partial charge in [0.15, 0.2) is 0 Å². The average Bonchev–Trinajstić information content (AvgIpc) is 2.48. The Hall–Kier alpha value is -1.67. The molecule has 0 aliphatic carbocycles. The van der Waals surface area contributed by atoms with Gasteiger partial charge in [0.25, 0.3) is 0 Å². The van der Waals surface area contributed by atoms with E-state index in [9.17, 15) is 0 Å². The Morgan fingerprint density at radius 3 is 3.00 bits per heavy atom. The smallest absolute Gasteiger partial charge is 0.0573 e. The molecule has 1 aromatic heterocycles. The fourth-order valence-electron chi connectivity index (χ4n) is 2.45. The topological polar surface area (TPSA) is 24.9 Å². The lowest BCUT2D eigenvalue weighted by Gasteiger charge is -2.31. The molecule has 1 aliphatic heterocycles. The van der Waals surface area contributed by atoms with Crippen molar-refractivity contribution in [2.75, 3.05) is 0 Å². The standard InChI is InChI=1S/C17H22N2/c1-3-4-5-9-14(2)15-11-8-12-17(19-15)16-10-6-7-13-18-16/h3-7,9-10,13,15,17,19H,2,8,11-12H2,1H3/b4-3-,9-5-. The first-order valence-corrected chi connectivity index (χ1v) is 6.96. The van der Waals surface area contributed by atoms with E-state index in [0.717, 1.165) is 24.1 Å². The number of pyridine rings is 1. The van der Waals surface area contributed by atoms with Crippen molar-refractivity contribution < 1.29 is 0 Å². The van der Waals surface area contributed by atoms with E-state index >= 15 is 0 Å². The van der Waals surface area contributed by atoms with Gasteiger partial charge in [0.1, 0.15) is 0 Å². The zero-order valence-corrected chi connectivity index (χ0v) is 11.5. The summed E-state index contributed by atoms with van der Waals surface area (Å²) in [5.74, 6) is 0. The van der Waals surface area contributed by atoms with Crippen molar-refractivity contribution in [3.8, 4) is 0 Å². The minimum absolute atomic E-state index is 0.354. The summed E-state index contributed by atoms with van der Waals surface area (Å²) in [6, 6.07) is 6.82. The molecule has 0 amide bonds. The predicted octanol–water partition coefficient (Wildman–Crippen LogP) is 3.95. The molecule has 0 saturated carbocycles. The molecule has 0 aromatic carbocycles. The quantitative estimate of drug-likeness (QED) is 0.823. The van der Waals surface area contributed by atoms with E-state index in [1.807, 2.05) is 43.5 Å². The minimum atomic E-state index is 0.354. The number of hydrogen-bond donors (Lipinski definition) is 1. The average molecular weight is 254 g/mol. The maximum Gasteiger partial charge on any atom is 0.0573 e. The van der Waals surface area contributed by atoms with Crippen LogP contribution in [-0.2, 0) is 0 Å². The van der Waals surface area contributed by atoms with Crippen LogP contribution in [0.3, 0.4) is 0 Å². The van der Waals surface area contributed by atoms with Crippen LogP contribution in [0.2, 0.25) is 0 Å². The first-order valence-electron chi connectivity index (χ1n) is 6.96. The Balaban J connectivity index is 1.99. The van der Waals surface area contributed by atoms with Gasteiger partial charge in [0, 0.05) is 18.3 Å². The van der Waals surface area contributed by atoms with Crippen LogP contribution >= 0.6 is 0 Å². The molecular weight excluding hydrogens is 232 g/mol. The van der Waals surface area contributed by atoms with Crippen LogP contribution in [0.5, 0.6) is 0 Å². The first kappa shape index (κ1) is 13.8. The molecule has 1 aliphatic rings. The Labute approximate surface area is 116 Å². The van der Waals surface area contributed by atoms with Gasteiger partial charge in [-0.15, -0.1) is 0 Å². The van der Waals surface area contributed by atoms with E-state index < -0.39 is 0 Å². The van der Waals surface area contributed by atoms with Crippen LogP contribution in [0.25, 0.3) is 0 Å². The third-order valence-electron chi connectivity index (χ3n) is 3.49. The van der Waals surface area contributed by atoms with Crippen LogP contribution in [0.4, 0.5) is 0 Å². The normalized spacial score (nSPS) is 24.1. The van der Waals surface area contributed by atoms with E-state index in [0.29, 0.717) is 12.1 Å². The van der Waals surface area contributed by atoms with Gasteiger partial charge in [0.05, 0.1) is 5.69 Å². The molecule has 100 valence electrons. The number of piperidine rings is 1. The van der Waals surface area contributed by atoms with E-state index in [-0.39, 0.29) is 0 Å². The van der Waals surface area contributed by atoms with Crippen LogP contribution < -0.4 is 5.32 Å². The number of allylic oxidation sites excluding steroid dienone is 3. The number of aromatic nitrogens is 1. The second-order valence-electron chi connectivity index (χ2n) is 4.92. The Kier molecular flexibility index (Phi) is 5.10. The molecule has 1 N–H and O–H groups in total. The van der Waals surface area contributed by atoms with Crippen LogP contribution in [0, 0.1) is 0 Å². The van der Waals surface area contributed by atoms with Crippen LogP contribution in [0.1, 0.15) is 37.9 Å². The molecule has 1 fully saturated rings.